The number of methoxy groups -OCH3 is 1. The van der Waals surface area contributed by atoms with E-state index < -0.39 is 11.5 Å². The molecular weight excluding hydrogens is 528 g/mol. The van der Waals surface area contributed by atoms with Gasteiger partial charge in [0.05, 0.1) is 18.8 Å². The summed E-state index contributed by atoms with van der Waals surface area (Å²) in [4.78, 5) is 44.1. The van der Waals surface area contributed by atoms with E-state index in [4.69, 9.17) is 19.2 Å². The molecule has 0 aromatic heterocycles. The van der Waals surface area contributed by atoms with E-state index in [9.17, 15) is 14.4 Å². The summed E-state index contributed by atoms with van der Waals surface area (Å²) in [6, 6.07) is 18.9. The van der Waals surface area contributed by atoms with Gasteiger partial charge in [0.1, 0.15) is 6.61 Å². The van der Waals surface area contributed by atoms with E-state index in [1.54, 1.807) is 23.6 Å². The van der Waals surface area contributed by atoms with E-state index in [1.165, 1.54) is 7.11 Å². The summed E-state index contributed by atoms with van der Waals surface area (Å²) in [7, 11) is 1.37. The van der Waals surface area contributed by atoms with E-state index in [-0.39, 0.29) is 31.1 Å². The smallest absolute Gasteiger partial charge is 0.410 e. The van der Waals surface area contributed by atoms with Crippen molar-refractivity contribution >= 4 is 34.8 Å². The Morgan fingerprint density at radius 3 is 2.27 bits per heavy atom. The zero-order valence-electron chi connectivity index (χ0n) is 23.7. The molecule has 9 heteroatoms. The standard InChI is InChI=1S/C31H40N2O6S/c1-4-31(19-17-27(34)38-5-2,29-32-26(23-40-29)28(35)37-3)18-12-20-33(21-24-13-8-6-9-14-24)30(36)39-22-25-15-10-7-11-16-25/h6-11,13-16,26H,4-5,12,17-23H2,1-3H3/t26-,31-/m0/s1. The fraction of sp³-hybridized carbons (Fsp3) is 0.484. The zero-order valence-corrected chi connectivity index (χ0v) is 24.5. The highest BCUT2D eigenvalue weighted by atomic mass is 32.2. The first-order valence-electron chi connectivity index (χ1n) is 13.8. The van der Waals surface area contributed by atoms with Gasteiger partial charge in [-0.05, 0) is 43.7 Å². The predicted octanol–water partition coefficient (Wildman–Crippen LogP) is 6.03. The van der Waals surface area contributed by atoms with E-state index in [1.807, 2.05) is 60.7 Å². The lowest BCUT2D eigenvalue weighted by Crippen LogP contribution is -2.34. The minimum atomic E-state index is -0.541. The molecule has 1 aliphatic heterocycles. The van der Waals surface area contributed by atoms with Gasteiger partial charge in [0, 0.05) is 30.7 Å². The van der Waals surface area contributed by atoms with Crippen LogP contribution in [0.15, 0.2) is 65.7 Å². The number of hydrogen-bond acceptors (Lipinski definition) is 8. The second-order valence-corrected chi connectivity index (χ2v) is 10.8. The summed E-state index contributed by atoms with van der Waals surface area (Å²) < 4.78 is 15.8. The van der Waals surface area contributed by atoms with Crippen molar-refractivity contribution in [2.75, 3.05) is 26.0 Å². The summed E-state index contributed by atoms with van der Waals surface area (Å²) in [6.07, 6.45) is 2.55. The van der Waals surface area contributed by atoms with Crippen molar-refractivity contribution in [3.63, 3.8) is 0 Å². The first kappa shape index (κ1) is 31.2. The molecule has 0 saturated carbocycles. The lowest BCUT2D eigenvalue weighted by Gasteiger charge is -2.33. The van der Waals surface area contributed by atoms with Crippen molar-refractivity contribution in [3.05, 3.63) is 71.8 Å². The van der Waals surface area contributed by atoms with Crippen molar-refractivity contribution in [1.82, 2.24) is 4.90 Å². The Hall–Kier alpha value is -3.33. The number of amides is 1. The summed E-state index contributed by atoms with van der Waals surface area (Å²) in [6.45, 7) is 5.30. The normalized spacial score (nSPS) is 16.0. The lowest BCUT2D eigenvalue weighted by molar-refractivity contribution is -0.144. The fourth-order valence-corrected chi connectivity index (χ4v) is 6.18. The average molecular weight is 569 g/mol. The molecule has 0 N–H and O–H groups in total. The Bertz CT molecular complexity index is 1130. The summed E-state index contributed by atoms with van der Waals surface area (Å²) in [5.41, 5.74) is 1.53. The zero-order chi connectivity index (χ0) is 28.8. The molecule has 1 aliphatic rings. The van der Waals surface area contributed by atoms with Gasteiger partial charge in [0.25, 0.3) is 0 Å². The van der Waals surface area contributed by atoms with Crippen LogP contribution in [0.4, 0.5) is 4.79 Å². The highest BCUT2D eigenvalue weighted by Crippen LogP contribution is 2.42. The summed E-state index contributed by atoms with van der Waals surface area (Å²) in [5, 5.41) is 0.871. The SMILES string of the molecule is CCOC(=O)CC[C@](CC)(CCCN(Cc1ccccc1)C(=O)OCc1ccccc1)C1=N[C@H](C(=O)OC)CS1. The first-order chi connectivity index (χ1) is 19.4. The molecule has 0 unspecified atom stereocenters. The maximum absolute atomic E-state index is 13.2. The van der Waals surface area contributed by atoms with E-state index in [2.05, 4.69) is 6.92 Å². The Morgan fingerprint density at radius 1 is 0.975 bits per heavy atom. The quantitative estimate of drug-likeness (QED) is 0.191. The number of hydrogen-bond donors (Lipinski definition) is 0. The molecule has 2 atom stereocenters. The molecule has 1 amide bonds. The van der Waals surface area contributed by atoms with Crippen molar-refractivity contribution in [3.8, 4) is 0 Å². The average Bonchev–Trinajstić information content (AvgIpc) is 3.49. The molecule has 2 aromatic rings. The van der Waals surface area contributed by atoms with E-state index in [0.717, 1.165) is 22.6 Å². The highest BCUT2D eigenvalue weighted by molar-refractivity contribution is 8.14. The third-order valence-corrected chi connectivity index (χ3v) is 8.42. The topological polar surface area (TPSA) is 94.5 Å². The van der Waals surface area contributed by atoms with Gasteiger partial charge in [-0.2, -0.15) is 0 Å². The minimum Gasteiger partial charge on any atom is -0.467 e. The molecule has 2 aromatic carbocycles. The van der Waals surface area contributed by atoms with Gasteiger partial charge in [-0.25, -0.2) is 9.59 Å². The monoisotopic (exact) mass is 568 g/mol. The molecule has 0 aliphatic carbocycles. The lowest BCUT2D eigenvalue weighted by atomic mass is 9.77. The molecule has 3 rings (SSSR count). The molecule has 8 nitrogen and oxygen atoms in total. The van der Waals surface area contributed by atoms with Crippen LogP contribution in [0.2, 0.25) is 0 Å². The van der Waals surface area contributed by atoms with Crippen LogP contribution in [0.3, 0.4) is 0 Å². The van der Waals surface area contributed by atoms with Crippen molar-refractivity contribution < 1.29 is 28.6 Å². The molecule has 1 heterocycles. The van der Waals surface area contributed by atoms with Crippen molar-refractivity contribution in [2.24, 2.45) is 10.4 Å². The van der Waals surface area contributed by atoms with E-state index >= 15 is 0 Å². The highest BCUT2D eigenvalue weighted by Gasteiger charge is 2.40. The third kappa shape index (κ3) is 9.11. The summed E-state index contributed by atoms with van der Waals surface area (Å²) in [5.74, 6) is -0.0773. The minimum absolute atomic E-state index is 0.200. The molecule has 0 bridgehead atoms. The van der Waals surface area contributed by atoms with E-state index in [0.29, 0.717) is 44.7 Å². The molecular formula is C31H40N2O6S. The van der Waals surface area contributed by atoms with Crippen LogP contribution in [-0.4, -0.2) is 60.0 Å². The number of esters is 2. The molecule has 0 spiro atoms. The maximum atomic E-state index is 13.2. The molecule has 40 heavy (non-hydrogen) atoms. The van der Waals surface area contributed by atoms with Crippen LogP contribution in [0.25, 0.3) is 0 Å². The predicted molar refractivity (Wildman–Crippen MR) is 157 cm³/mol. The largest absolute Gasteiger partial charge is 0.467 e. The first-order valence-corrected chi connectivity index (χ1v) is 14.8. The second-order valence-electron chi connectivity index (χ2n) is 9.77. The number of ether oxygens (including phenoxy) is 3. The number of thioether (sulfide) groups is 1. The Balaban J connectivity index is 1.74. The number of rotatable bonds is 15. The molecule has 0 radical (unpaired) electrons. The Labute approximate surface area is 241 Å². The van der Waals surface area contributed by atoms with Gasteiger partial charge in [-0.1, -0.05) is 67.6 Å². The van der Waals surface area contributed by atoms with Gasteiger partial charge in [0.15, 0.2) is 6.04 Å². The Morgan fingerprint density at radius 2 is 1.65 bits per heavy atom. The summed E-state index contributed by atoms with van der Waals surface area (Å²) >= 11 is 1.56. The van der Waals surface area contributed by atoms with Gasteiger partial charge in [-0.3, -0.25) is 9.79 Å². The van der Waals surface area contributed by atoms with Crippen LogP contribution in [-0.2, 0) is 37.0 Å². The van der Waals surface area contributed by atoms with Gasteiger partial charge < -0.3 is 19.1 Å². The number of carbonyl (C=O) groups excluding carboxylic acids is 3. The third-order valence-electron chi connectivity index (χ3n) is 7.13. The van der Waals surface area contributed by atoms with Gasteiger partial charge in [0.2, 0.25) is 0 Å². The van der Waals surface area contributed by atoms with Crippen LogP contribution >= 0.6 is 11.8 Å². The Kier molecular flexibility index (Phi) is 12.5. The van der Waals surface area contributed by atoms with Crippen LogP contribution in [0.1, 0.15) is 57.1 Å². The second kappa shape index (κ2) is 16.1. The number of benzene rings is 2. The molecule has 216 valence electrons. The van der Waals surface area contributed by atoms with Crippen LogP contribution in [0.5, 0.6) is 0 Å². The van der Waals surface area contributed by atoms with Crippen molar-refractivity contribution in [2.45, 2.75) is 65.1 Å². The van der Waals surface area contributed by atoms with Crippen molar-refractivity contribution in [1.29, 1.82) is 0 Å². The number of aliphatic imine (C=N–C) groups is 1. The van der Waals surface area contributed by atoms with Crippen LogP contribution in [0, 0.1) is 5.41 Å². The van der Waals surface area contributed by atoms with Gasteiger partial charge in [-0.15, -0.1) is 11.8 Å². The maximum Gasteiger partial charge on any atom is 0.410 e. The van der Waals surface area contributed by atoms with Crippen LogP contribution < -0.4 is 0 Å². The fourth-order valence-electron chi connectivity index (χ4n) is 4.80. The molecule has 0 saturated heterocycles. The number of nitrogens with zero attached hydrogens (tertiary/aromatic N) is 2. The number of carbonyl (C=O) groups is 3. The molecule has 0 fully saturated rings. The van der Waals surface area contributed by atoms with Gasteiger partial charge >= 0.3 is 18.0 Å².